The molecular weight excluding hydrogens is 246 g/mol. The topological polar surface area (TPSA) is 39.1 Å². The molecule has 1 N–H and O–H groups in total. The number of hydrogen-bond acceptors (Lipinski definition) is 4. The lowest BCUT2D eigenvalue weighted by molar-refractivity contribution is 0.0472. The number of hydrogen-bond donors (Lipinski definition) is 1. The summed E-state index contributed by atoms with van der Waals surface area (Å²) >= 11 is 1.99. The van der Waals surface area contributed by atoms with Gasteiger partial charge in [0.25, 0.3) is 0 Å². The first kappa shape index (κ1) is 13.9. The van der Waals surface area contributed by atoms with Crippen LogP contribution in [0.1, 0.15) is 18.9 Å². The molecule has 0 aromatic carbocycles. The molecule has 0 radical (unpaired) electrons. The molecule has 2 atom stereocenters. The van der Waals surface area contributed by atoms with Crippen LogP contribution in [-0.4, -0.2) is 46.6 Å². The summed E-state index contributed by atoms with van der Waals surface area (Å²) in [5.74, 6) is 2.23. The fourth-order valence-electron chi connectivity index (χ4n) is 2.23. The maximum Gasteiger partial charge on any atom is 0.0821 e. The highest BCUT2D eigenvalue weighted by Crippen LogP contribution is 2.18. The normalized spacial score (nSPS) is 22.0. The Balaban J connectivity index is 1.94. The summed E-state index contributed by atoms with van der Waals surface area (Å²) in [6, 6.07) is 0.405. The van der Waals surface area contributed by atoms with Crippen LogP contribution in [0.25, 0.3) is 0 Å². The van der Waals surface area contributed by atoms with E-state index in [1.165, 1.54) is 5.56 Å². The Morgan fingerprint density at radius 1 is 1.67 bits per heavy atom. The first-order valence-electron chi connectivity index (χ1n) is 6.70. The largest absolute Gasteiger partial charge is 0.375 e. The molecule has 2 heterocycles. The number of ether oxygens (including phenoxy) is 1. The Morgan fingerprint density at radius 3 is 3.17 bits per heavy atom. The standard InChI is InChI=1S/C13H23N3OS/c1-3-4-14-12(13-10-18-6-5-17-13)7-11-8-15-16(2)9-11/h8-9,12-14H,3-7,10H2,1-2H3. The van der Waals surface area contributed by atoms with Crippen LogP contribution in [0.5, 0.6) is 0 Å². The number of rotatable bonds is 6. The van der Waals surface area contributed by atoms with Gasteiger partial charge in [-0.1, -0.05) is 6.92 Å². The monoisotopic (exact) mass is 269 g/mol. The van der Waals surface area contributed by atoms with Crippen LogP contribution in [0.3, 0.4) is 0 Å². The third kappa shape index (κ3) is 4.00. The van der Waals surface area contributed by atoms with Gasteiger partial charge in [-0.25, -0.2) is 0 Å². The molecule has 1 aliphatic heterocycles. The minimum Gasteiger partial charge on any atom is -0.375 e. The van der Waals surface area contributed by atoms with E-state index in [-0.39, 0.29) is 0 Å². The van der Waals surface area contributed by atoms with Crippen LogP contribution in [0.2, 0.25) is 0 Å². The second-order valence-electron chi connectivity index (χ2n) is 4.77. The molecular formula is C13H23N3OS. The molecule has 0 saturated carbocycles. The van der Waals surface area contributed by atoms with Gasteiger partial charge in [0.05, 0.1) is 18.9 Å². The molecule has 0 amide bonds. The molecule has 0 bridgehead atoms. The van der Waals surface area contributed by atoms with Gasteiger partial charge in [-0.3, -0.25) is 4.68 Å². The molecule has 5 heteroatoms. The van der Waals surface area contributed by atoms with Crippen molar-refractivity contribution in [3.05, 3.63) is 18.0 Å². The van der Waals surface area contributed by atoms with E-state index in [1.807, 2.05) is 29.7 Å². The van der Waals surface area contributed by atoms with Gasteiger partial charge >= 0.3 is 0 Å². The van der Waals surface area contributed by atoms with E-state index in [1.54, 1.807) is 0 Å². The predicted octanol–water partition coefficient (Wildman–Crippen LogP) is 1.46. The van der Waals surface area contributed by atoms with E-state index in [0.29, 0.717) is 12.1 Å². The summed E-state index contributed by atoms with van der Waals surface area (Å²) < 4.78 is 7.77. The molecule has 1 aromatic rings. The van der Waals surface area contributed by atoms with E-state index in [2.05, 4.69) is 23.5 Å². The molecule has 1 fully saturated rings. The van der Waals surface area contributed by atoms with Gasteiger partial charge in [-0.15, -0.1) is 0 Å². The molecule has 0 spiro atoms. The van der Waals surface area contributed by atoms with Crippen molar-refractivity contribution in [3.8, 4) is 0 Å². The van der Waals surface area contributed by atoms with Crippen LogP contribution in [0.15, 0.2) is 12.4 Å². The van der Waals surface area contributed by atoms with Gasteiger partial charge in [-0.05, 0) is 24.9 Å². The van der Waals surface area contributed by atoms with Crippen LogP contribution in [-0.2, 0) is 18.2 Å². The van der Waals surface area contributed by atoms with Gasteiger partial charge in [0.2, 0.25) is 0 Å². The lowest BCUT2D eigenvalue weighted by atomic mass is 10.0. The van der Waals surface area contributed by atoms with Crippen molar-refractivity contribution in [2.45, 2.75) is 31.9 Å². The van der Waals surface area contributed by atoms with Crippen molar-refractivity contribution in [2.24, 2.45) is 7.05 Å². The average Bonchev–Trinajstić information content (AvgIpc) is 2.81. The van der Waals surface area contributed by atoms with E-state index < -0.39 is 0 Å². The van der Waals surface area contributed by atoms with Crippen LogP contribution in [0, 0.1) is 0 Å². The lowest BCUT2D eigenvalue weighted by Crippen LogP contribution is -2.46. The average molecular weight is 269 g/mol. The molecule has 1 saturated heterocycles. The quantitative estimate of drug-likeness (QED) is 0.849. The Morgan fingerprint density at radius 2 is 2.56 bits per heavy atom. The van der Waals surface area contributed by atoms with Crippen molar-refractivity contribution < 1.29 is 4.74 Å². The highest BCUT2D eigenvalue weighted by Gasteiger charge is 2.24. The molecule has 2 rings (SSSR count). The summed E-state index contributed by atoms with van der Waals surface area (Å²) in [6.07, 6.45) is 6.53. The Labute approximate surface area is 113 Å². The van der Waals surface area contributed by atoms with Crippen molar-refractivity contribution >= 4 is 11.8 Å². The number of aryl methyl sites for hydroxylation is 1. The van der Waals surface area contributed by atoms with Crippen LogP contribution < -0.4 is 5.32 Å². The Kier molecular flexibility index (Phi) is 5.53. The van der Waals surface area contributed by atoms with E-state index in [0.717, 1.165) is 37.5 Å². The summed E-state index contributed by atoms with van der Waals surface area (Å²) in [5.41, 5.74) is 1.28. The Hall–Kier alpha value is -0.520. The fraction of sp³-hybridized carbons (Fsp3) is 0.769. The molecule has 102 valence electrons. The molecule has 4 nitrogen and oxygen atoms in total. The first-order valence-corrected chi connectivity index (χ1v) is 7.85. The van der Waals surface area contributed by atoms with Gasteiger partial charge in [-0.2, -0.15) is 16.9 Å². The SMILES string of the molecule is CCCNC(Cc1cnn(C)c1)C1CSCCO1. The smallest absolute Gasteiger partial charge is 0.0821 e. The van der Waals surface area contributed by atoms with E-state index in [4.69, 9.17) is 4.74 Å². The van der Waals surface area contributed by atoms with Crippen molar-refractivity contribution in [3.63, 3.8) is 0 Å². The number of thioether (sulfide) groups is 1. The van der Waals surface area contributed by atoms with Crippen LogP contribution in [0.4, 0.5) is 0 Å². The zero-order valence-electron chi connectivity index (χ0n) is 11.3. The summed E-state index contributed by atoms with van der Waals surface area (Å²) in [4.78, 5) is 0. The molecule has 2 unspecified atom stereocenters. The van der Waals surface area contributed by atoms with E-state index in [9.17, 15) is 0 Å². The minimum absolute atomic E-state index is 0.329. The zero-order chi connectivity index (χ0) is 12.8. The van der Waals surface area contributed by atoms with Gasteiger partial charge in [0, 0.05) is 30.8 Å². The molecule has 18 heavy (non-hydrogen) atoms. The van der Waals surface area contributed by atoms with Gasteiger partial charge in [0.15, 0.2) is 0 Å². The van der Waals surface area contributed by atoms with Gasteiger partial charge in [0.1, 0.15) is 0 Å². The van der Waals surface area contributed by atoms with Gasteiger partial charge < -0.3 is 10.1 Å². The minimum atomic E-state index is 0.329. The third-order valence-corrected chi connectivity index (χ3v) is 4.18. The highest BCUT2D eigenvalue weighted by molar-refractivity contribution is 7.99. The summed E-state index contributed by atoms with van der Waals surface area (Å²) in [7, 11) is 1.96. The molecule has 0 aliphatic carbocycles. The maximum absolute atomic E-state index is 5.91. The summed E-state index contributed by atoms with van der Waals surface area (Å²) in [5, 5.41) is 7.86. The molecule has 1 aliphatic rings. The predicted molar refractivity (Wildman–Crippen MR) is 76.1 cm³/mol. The molecule has 1 aromatic heterocycles. The van der Waals surface area contributed by atoms with Crippen molar-refractivity contribution in [1.29, 1.82) is 0 Å². The summed E-state index contributed by atoms with van der Waals surface area (Å²) in [6.45, 7) is 4.13. The zero-order valence-corrected chi connectivity index (χ0v) is 12.1. The first-order chi connectivity index (χ1) is 8.79. The second kappa shape index (κ2) is 7.16. The second-order valence-corrected chi connectivity index (χ2v) is 5.92. The number of aromatic nitrogens is 2. The lowest BCUT2D eigenvalue weighted by Gasteiger charge is -2.30. The van der Waals surface area contributed by atoms with Crippen molar-refractivity contribution in [1.82, 2.24) is 15.1 Å². The van der Waals surface area contributed by atoms with Crippen LogP contribution >= 0.6 is 11.8 Å². The van der Waals surface area contributed by atoms with E-state index >= 15 is 0 Å². The fourth-order valence-corrected chi connectivity index (χ4v) is 3.18. The number of nitrogens with one attached hydrogen (secondary N) is 1. The van der Waals surface area contributed by atoms with Crippen molar-refractivity contribution in [2.75, 3.05) is 24.7 Å². The highest BCUT2D eigenvalue weighted by atomic mass is 32.2. The number of nitrogens with zero attached hydrogens (tertiary/aromatic N) is 2. The maximum atomic E-state index is 5.91. The Bertz CT molecular complexity index is 350. The third-order valence-electron chi connectivity index (χ3n) is 3.16.